The monoisotopic (exact) mass is 264 g/mol. The van der Waals surface area contributed by atoms with Crippen molar-refractivity contribution in [3.8, 4) is 0 Å². The van der Waals surface area contributed by atoms with Crippen LogP contribution in [0, 0.1) is 0 Å². The van der Waals surface area contributed by atoms with Gasteiger partial charge in [-0.2, -0.15) is 5.10 Å². The molecule has 0 N–H and O–H groups in total. The first-order valence-electron chi connectivity index (χ1n) is 6.52. The van der Waals surface area contributed by atoms with Gasteiger partial charge in [0.25, 0.3) is 5.91 Å². The smallest absolute Gasteiger partial charge is 0.275 e. The molecule has 1 unspecified atom stereocenters. The summed E-state index contributed by atoms with van der Waals surface area (Å²) in [6.07, 6.45) is 4.39. The van der Waals surface area contributed by atoms with Gasteiger partial charge in [0.05, 0.1) is 0 Å². The Morgan fingerprint density at radius 2 is 2.11 bits per heavy atom. The van der Waals surface area contributed by atoms with Crippen LogP contribution in [0.5, 0.6) is 0 Å². The second kappa shape index (κ2) is 5.42. The molecule has 1 atom stereocenters. The summed E-state index contributed by atoms with van der Waals surface area (Å²) in [5.41, 5.74) is 0.404. The number of hydrogen-bond acceptors (Lipinski definition) is 3. The minimum absolute atomic E-state index is 0.0102. The van der Waals surface area contributed by atoms with Crippen molar-refractivity contribution in [2.75, 3.05) is 20.6 Å². The minimum Gasteiger partial charge on any atom is -0.347 e. The van der Waals surface area contributed by atoms with Gasteiger partial charge in [0.1, 0.15) is 11.7 Å². The van der Waals surface area contributed by atoms with Gasteiger partial charge in [0.15, 0.2) is 0 Å². The van der Waals surface area contributed by atoms with Crippen LogP contribution in [0.4, 0.5) is 0 Å². The third-order valence-corrected chi connectivity index (χ3v) is 3.42. The Balaban J connectivity index is 2.20. The van der Waals surface area contributed by atoms with E-state index in [9.17, 15) is 9.59 Å². The molecule has 1 fully saturated rings. The van der Waals surface area contributed by atoms with E-state index in [2.05, 4.69) is 5.10 Å². The van der Waals surface area contributed by atoms with Crippen molar-refractivity contribution >= 4 is 11.8 Å². The molecule has 0 bridgehead atoms. The molecule has 0 saturated carbocycles. The Labute approximate surface area is 113 Å². The van der Waals surface area contributed by atoms with Crippen LogP contribution in [0.3, 0.4) is 0 Å². The van der Waals surface area contributed by atoms with Gasteiger partial charge in [-0.25, -0.2) is 0 Å². The van der Waals surface area contributed by atoms with E-state index in [0.717, 1.165) is 19.3 Å². The standard InChI is InChI=1S/C13H20N4O2/c1-15(2)13(19)11-6-4-5-8-17(11)12(18)10-7-9-16(3)14-10/h7,9,11H,4-6,8H2,1-3H3. The van der Waals surface area contributed by atoms with Gasteiger partial charge in [-0.3, -0.25) is 14.3 Å². The summed E-state index contributed by atoms with van der Waals surface area (Å²) in [7, 11) is 5.22. The number of likely N-dealkylation sites (tertiary alicyclic amines) is 1. The van der Waals surface area contributed by atoms with E-state index in [4.69, 9.17) is 0 Å². The number of likely N-dealkylation sites (N-methyl/N-ethyl adjacent to an activating group) is 1. The van der Waals surface area contributed by atoms with Crippen LogP contribution in [0.25, 0.3) is 0 Å². The minimum atomic E-state index is -0.349. The summed E-state index contributed by atoms with van der Waals surface area (Å²) < 4.78 is 1.60. The predicted molar refractivity (Wildman–Crippen MR) is 70.6 cm³/mol. The average molecular weight is 264 g/mol. The first kappa shape index (κ1) is 13.6. The SMILES string of the molecule is CN(C)C(=O)C1CCCCN1C(=O)c1ccn(C)n1. The lowest BCUT2D eigenvalue weighted by molar-refractivity contribution is -0.134. The number of aryl methyl sites for hydroxylation is 1. The van der Waals surface area contributed by atoms with E-state index < -0.39 is 0 Å². The van der Waals surface area contributed by atoms with E-state index >= 15 is 0 Å². The second-order valence-corrected chi connectivity index (χ2v) is 5.12. The summed E-state index contributed by atoms with van der Waals surface area (Å²) in [4.78, 5) is 27.8. The molecule has 1 aromatic heterocycles. The summed E-state index contributed by atoms with van der Waals surface area (Å²) in [5.74, 6) is -0.163. The molecule has 6 nitrogen and oxygen atoms in total. The molecule has 104 valence electrons. The zero-order chi connectivity index (χ0) is 14.0. The number of carbonyl (C=O) groups is 2. The Morgan fingerprint density at radius 3 is 2.68 bits per heavy atom. The fourth-order valence-electron chi connectivity index (χ4n) is 2.41. The lowest BCUT2D eigenvalue weighted by Gasteiger charge is -2.35. The number of amides is 2. The average Bonchev–Trinajstić information content (AvgIpc) is 2.83. The lowest BCUT2D eigenvalue weighted by Crippen LogP contribution is -2.51. The summed E-state index contributed by atoms with van der Waals surface area (Å²) in [5, 5.41) is 4.12. The Hall–Kier alpha value is -1.85. The van der Waals surface area contributed by atoms with E-state index in [1.807, 2.05) is 0 Å². The zero-order valence-electron chi connectivity index (χ0n) is 11.7. The highest BCUT2D eigenvalue weighted by Crippen LogP contribution is 2.20. The molecule has 1 aromatic rings. The number of hydrogen-bond donors (Lipinski definition) is 0. The molecule has 6 heteroatoms. The van der Waals surface area contributed by atoms with Gasteiger partial charge >= 0.3 is 0 Å². The van der Waals surface area contributed by atoms with Crippen LogP contribution in [0.1, 0.15) is 29.8 Å². The summed E-state index contributed by atoms with van der Waals surface area (Å²) in [6, 6.07) is 1.34. The van der Waals surface area contributed by atoms with Crippen molar-refractivity contribution in [2.24, 2.45) is 7.05 Å². The van der Waals surface area contributed by atoms with Gasteiger partial charge in [-0.1, -0.05) is 0 Å². The first-order valence-corrected chi connectivity index (χ1v) is 6.52. The van der Waals surface area contributed by atoms with Gasteiger partial charge in [0, 0.05) is 33.9 Å². The van der Waals surface area contributed by atoms with Gasteiger partial charge in [0.2, 0.25) is 5.91 Å². The summed E-state index contributed by atoms with van der Waals surface area (Å²) >= 11 is 0. The van der Waals surface area contributed by atoms with Crippen LogP contribution in [0.15, 0.2) is 12.3 Å². The number of rotatable bonds is 2. The molecule has 0 spiro atoms. The Morgan fingerprint density at radius 1 is 1.37 bits per heavy atom. The van der Waals surface area contributed by atoms with Crippen LogP contribution >= 0.6 is 0 Å². The van der Waals surface area contributed by atoms with Gasteiger partial charge in [-0.05, 0) is 25.3 Å². The number of nitrogens with zero attached hydrogens (tertiary/aromatic N) is 4. The van der Waals surface area contributed by atoms with Crippen LogP contribution in [-0.2, 0) is 11.8 Å². The van der Waals surface area contributed by atoms with E-state index in [1.165, 1.54) is 0 Å². The molecular weight excluding hydrogens is 244 g/mol. The van der Waals surface area contributed by atoms with Crippen molar-refractivity contribution in [2.45, 2.75) is 25.3 Å². The summed E-state index contributed by atoms with van der Waals surface area (Å²) in [6.45, 7) is 0.625. The molecule has 1 saturated heterocycles. The highest BCUT2D eigenvalue weighted by Gasteiger charge is 2.34. The quantitative estimate of drug-likeness (QED) is 0.781. The molecule has 1 aliphatic rings. The third-order valence-electron chi connectivity index (χ3n) is 3.42. The van der Waals surface area contributed by atoms with Crippen molar-refractivity contribution < 1.29 is 9.59 Å². The van der Waals surface area contributed by atoms with Gasteiger partial charge in [-0.15, -0.1) is 0 Å². The first-order chi connectivity index (χ1) is 9.00. The number of carbonyl (C=O) groups excluding carboxylic acids is 2. The Kier molecular flexibility index (Phi) is 3.87. The van der Waals surface area contributed by atoms with Crippen molar-refractivity contribution in [1.29, 1.82) is 0 Å². The molecule has 0 radical (unpaired) electrons. The second-order valence-electron chi connectivity index (χ2n) is 5.12. The normalized spacial score (nSPS) is 19.3. The molecule has 19 heavy (non-hydrogen) atoms. The molecule has 2 heterocycles. The van der Waals surface area contributed by atoms with Crippen molar-refractivity contribution in [3.05, 3.63) is 18.0 Å². The maximum Gasteiger partial charge on any atom is 0.275 e. The molecule has 1 aliphatic heterocycles. The number of piperidine rings is 1. The molecule has 2 rings (SSSR count). The van der Waals surface area contributed by atoms with E-state index in [1.54, 1.807) is 47.9 Å². The maximum atomic E-state index is 12.4. The molecule has 0 aromatic carbocycles. The molecule has 2 amide bonds. The van der Waals surface area contributed by atoms with Crippen molar-refractivity contribution in [3.63, 3.8) is 0 Å². The topological polar surface area (TPSA) is 58.4 Å². The van der Waals surface area contributed by atoms with Crippen LogP contribution < -0.4 is 0 Å². The highest BCUT2D eigenvalue weighted by molar-refractivity contribution is 5.96. The fourth-order valence-corrected chi connectivity index (χ4v) is 2.41. The van der Waals surface area contributed by atoms with Crippen molar-refractivity contribution in [1.82, 2.24) is 19.6 Å². The third kappa shape index (κ3) is 2.77. The number of aromatic nitrogens is 2. The predicted octanol–water partition coefficient (Wildman–Crippen LogP) is 0.503. The highest BCUT2D eigenvalue weighted by atomic mass is 16.2. The van der Waals surface area contributed by atoms with E-state index in [0.29, 0.717) is 12.2 Å². The largest absolute Gasteiger partial charge is 0.347 e. The zero-order valence-corrected chi connectivity index (χ0v) is 11.7. The van der Waals surface area contributed by atoms with E-state index in [-0.39, 0.29) is 17.9 Å². The molecular formula is C13H20N4O2. The van der Waals surface area contributed by atoms with Gasteiger partial charge < -0.3 is 9.80 Å². The van der Waals surface area contributed by atoms with Crippen LogP contribution in [0.2, 0.25) is 0 Å². The fraction of sp³-hybridized carbons (Fsp3) is 0.615. The Bertz CT molecular complexity index is 481. The lowest BCUT2D eigenvalue weighted by atomic mass is 10.0. The molecule has 0 aliphatic carbocycles. The van der Waals surface area contributed by atoms with Crippen LogP contribution in [-0.4, -0.2) is 58.1 Å². The maximum absolute atomic E-state index is 12.4.